The molecule has 1 saturated heterocycles. The Morgan fingerprint density at radius 2 is 1.76 bits per heavy atom. The number of rotatable bonds is 4. The Morgan fingerprint density at radius 3 is 2.18 bits per heavy atom. The molecule has 2 heteroatoms. The van der Waals surface area contributed by atoms with Gasteiger partial charge in [-0.15, -0.1) is 0 Å². The summed E-state index contributed by atoms with van der Waals surface area (Å²) in [7, 11) is 0. The van der Waals surface area contributed by atoms with Crippen LogP contribution in [0.25, 0.3) is 0 Å². The third-order valence-electron chi connectivity index (χ3n) is 3.76. The van der Waals surface area contributed by atoms with Crippen LogP contribution < -0.4 is 5.32 Å². The van der Waals surface area contributed by atoms with Gasteiger partial charge in [0, 0.05) is 6.61 Å². The summed E-state index contributed by atoms with van der Waals surface area (Å²) in [5.74, 6) is 0.761. The standard InChI is InChI=1S/C13H27NO.C2H6/c1-12(2,10-15)9-13(3,4)11-6-5-7-14-8-11;1-2/h11,14-15H,5-10H2,1-4H3;1-2H3. The molecule has 0 bridgehead atoms. The predicted octanol–water partition coefficient (Wildman–Crippen LogP) is 3.45. The lowest BCUT2D eigenvalue weighted by Gasteiger charge is -2.41. The molecule has 17 heavy (non-hydrogen) atoms. The summed E-state index contributed by atoms with van der Waals surface area (Å²) < 4.78 is 0. The molecule has 1 aliphatic heterocycles. The van der Waals surface area contributed by atoms with E-state index in [0.717, 1.165) is 18.9 Å². The van der Waals surface area contributed by atoms with Crippen LogP contribution in [0.15, 0.2) is 0 Å². The van der Waals surface area contributed by atoms with Gasteiger partial charge in [-0.1, -0.05) is 41.5 Å². The van der Waals surface area contributed by atoms with Gasteiger partial charge < -0.3 is 10.4 Å². The Hall–Kier alpha value is -0.0800. The van der Waals surface area contributed by atoms with E-state index < -0.39 is 0 Å². The monoisotopic (exact) mass is 243 g/mol. The highest BCUT2D eigenvalue weighted by Gasteiger charge is 2.35. The zero-order valence-corrected chi connectivity index (χ0v) is 12.8. The molecule has 0 spiro atoms. The molecule has 0 aromatic carbocycles. The van der Waals surface area contributed by atoms with Gasteiger partial charge >= 0.3 is 0 Å². The van der Waals surface area contributed by atoms with Crippen molar-refractivity contribution in [1.29, 1.82) is 0 Å². The summed E-state index contributed by atoms with van der Waals surface area (Å²) in [5, 5.41) is 12.8. The van der Waals surface area contributed by atoms with E-state index in [1.807, 2.05) is 13.8 Å². The Balaban J connectivity index is 0.00000121. The number of piperidine rings is 1. The fraction of sp³-hybridized carbons (Fsp3) is 1.00. The van der Waals surface area contributed by atoms with Crippen molar-refractivity contribution < 1.29 is 5.11 Å². The summed E-state index contributed by atoms with van der Waals surface area (Å²) in [6.07, 6.45) is 3.73. The number of hydrogen-bond donors (Lipinski definition) is 2. The van der Waals surface area contributed by atoms with E-state index in [4.69, 9.17) is 0 Å². The van der Waals surface area contributed by atoms with Crippen molar-refractivity contribution in [2.75, 3.05) is 19.7 Å². The molecule has 1 atom stereocenters. The second-order valence-corrected chi connectivity index (χ2v) is 6.53. The minimum atomic E-state index is 0.0565. The molecule has 0 aliphatic carbocycles. The Kier molecular flexibility index (Phi) is 7.34. The highest BCUT2D eigenvalue weighted by molar-refractivity contribution is 4.87. The fourth-order valence-electron chi connectivity index (χ4n) is 2.95. The van der Waals surface area contributed by atoms with Gasteiger partial charge in [-0.2, -0.15) is 0 Å². The second-order valence-electron chi connectivity index (χ2n) is 6.53. The molecular formula is C15H33NO. The summed E-state index contributed by atoms with van der Waals surface area (Å²) >= 11 is 0. The maximum absolute atomic E-state index is 9.34. The molecule has 1 rings (SSSR count). The Bertz CT molecular complexity index is 193. The predicted molar refractivity (Wildman–Crippen MR) is 76.2 cm³/mol. The number of aliphatic hydroxyl groups is 1. The zero-order chi connectivity index (χ0) is 13.5. The molecule has 0 amide bonds. The normalized spacial score (nSPS) is 21.7. The van der Waals surface area contributed by atoms with E-state index in [0.29, 0.717) is 5.41 Å². The summed E-state index contributed by atoms with van der Waals surface area (Å²) in [5.41, 5.74) is 0.389. The van der Waals surface area contributed by atoms with Gasteiger partial charge in [0.1, 0.15) is 0 Å². The Morgan fingerprint density at radius 1 is 1.18 bits per heavy atom. The lowest BCUT2D eigenvalue weighted by molar-refractivity contribution is 0.0601. The number of nitrogens with one attached hydrogen (secondary N) is 1. The lowest BCUT2D eigenvalue weighted by Crippen LogP contribution is -2.41. The lowest BCUT2D eigenvalue weighted by atomic mass is 9.66. The average molecular weight is 243 g/mol. The SMILES string of the molecule is CC.CC(C)(CO)CC(C)(C)C1CCCNC1. The van der Waals surface area contributed by atoms with Crippen LogP contribution in [0.4, 0.5) is 0 Å². The molecule has 0 saturated carbocycles. The van der Waals surface area contributed by atoms with Crippen molar-refractivity contribution in [3.63, 3.8) is 0 Å². The van der Waals surface area contributed by atoms with Gasteiger partial charge in [0.05, 0.1) is 0 Å². The van der Waals surface area contributed by atoms with Gasteiger partial charge in [0.2, 0.25) is 0 Å². The molecule has 2 N–H and O–H groups in total. The van der Waals surface area contributed by atoms with Crippen LogP contribution in [0.5, 0.6) is 0 Å². The van der Waals surface area contributed by atoms with Crippen molar-refractivity contribution in [3.05, 3.63) is 0 Å². The van der Waals surface area contributed by atoms with Crippen LogP contribution in [-0.4, -0.2) is 24.8 Å². The highest BCUT2D eigenvalue weighted by Crippen LogP contribution is 2.41. The third-order valence-corrected chi connectivity index (χ3v) is 3.76. The minimum Gasteiger partial charge on any atom is -0.396 e. The molecule has 104 valence electrons. The zero-order valence-electron chi connectivity index (χ0n) is 12.8. The van der Waals surface area contributed by atoms with Crippen LogP contribution >= 0.6 is 0 Å². The van der Waals surface area contributed by atoms with Crippen molar-refractivity contribution in [2.24, 2.45) is 16.7 Å². The first-order valence-corrected chi connectivity index (χ1v) is 7.19. The number of hydrogen-bond acceptors (Lipinski definition) is 2. The van der Waals surface area contributed by atoms with E-state index in [9.17, 15) is 5.11 Å². The molecule has 1 fully saturated rings. The topological polar surface area (TPSA) is 32.3 Å². The van der Waals surface area contributed by atoms with Crippen molar-refractivity contribution in [2.45, 2.75) is 60.8 Å². The minimum absolute atomic E-state index is 0.0565. The maximum Gasteiger partial charge on any atom is 0.0482 e. The van der Waals surface area contributed by atoms with Crippen LogP contribution in [0.1, 0.15) is 60.8 Å². The number of aliphatic hydroxyl groups excluding tert-OH is 1. The van der Waals surface area contributed by atoms with E-state index in [2.05, 4.69) is 33.0 Å². The van der Waals surface area contributed by atoms with E-state index in [1.54, 1.807) is 0 Å². The van der Waals surface area contributed by atoms with E-state index in [-0.39, 0.29) is 12.0 Å². The Labute approximate surface area is 108 Å². The van der Waals surface area contributed by atoms with Crippen molar-refractivity contribution >= 4 is 0 Å². The smallest absolute Gasteiger partial charge is 0.0482 e. The first-order valence-electron chi connectivity index (χ1n) is 7.19. The van der Waals surface area contributed by atoms with Gasteiger partial charge in [-0.25, -0.2) is 0 Å². The second kappa shape index (κ2) is 7.38. The van der Waals surface area contributed by atoms with Crippen LogP contribution in [0.3, 0.4) is 0 Å². The highest BCUT2D eigenvalue weighted by atomic mass is 16.3. The van der Waals surface area contributed by atoms with Gasteiger partial charge in [-0.3, -0.25) is 0 Å². The van der Waals surface area contributed by atoms with Gasteiger partial charge in [0.15, 0.2) is 0 Å². The molecular weight excluding hydrogens is 210 g/mol. The van der Waals surface area contributed by atoms with Crippen molar-refractivity contribution in [1.82, 2.24) is 5.32 Å². The summed E-state index contributed by atoms with van der Waals surface area (Å²) in [6.45, 7) is 15.6. The van der Waals surface area contributed by atoms with Crippen molar-refractivity contribution in [3.8, 4) is 0 Å². The van der Waals surface area contributed by atoms with E-state index >= 15 is 0 Å². The van der Waals surface area contributed by atoms with E-state index in [1.165, 1.54) is 19.4 Å². The molecule has 1 aliphatic rings. The maximum atomic E-state index is 9.34. The van der Waals surface area contributed by atoms with Crippen LogP contribution in [0.2, 0.25) is 0 Å². The molecule has 0 aromatic rings. The van der Waals surface area contributed by atoms with Gasteiger partial charge in [-0.05, 0) is 49.1 Å². The molecule has 0 aromatic heterocycles. The largest absolute Gasteiger partial charge is 0.396 e. The molecule has 2 nitrogen and oxygen atoms in total. The molecule has 1 heterocycles. The van der Waals surface area contributed by atoms with Crippen LogP contribution in [0, 0.1) is 16.7 Å². The molecule has 1 unspecified atom stereocenters. The fourth-order valence-corrected chi connectivity index (χ4v) is 2.95. The summed E-state index contributed by atoms with van der Waals surface area (Å²) in [6, 6.07) is 0. The average Bonchev–Trinajstić information content (AvgIpc) is 2.32. The third kappa shape index (κ3) is 5.87. The summed E-state index contributed by atoms with van der Waals surface area (Å²) in [4.78, 5) is 0. The quantitative estimate of drug-likeness (QED) is 0.792. The van der Waals surface area contributed by atoms with Gasteiger partial charge in [0.25, 0.3) is 0 Å². The molecule has 0 radical (unpaired) electrons. The first-order chi connectivity index (χ1) is 7.87. The van der Waals surface area contributed by atoms with Crippen LogP contribution in [-0.2, 0) is 0 Å². The first kappa shape index (κ1) is 16.9.